The summed E-state index contributed by atoms with van der Waals surface area (Å²) < 4.78 is 0. The summed E-state index contributed by atoms with van der Waals surface area (Å²) in [5, 5.41) is 0. The minimum Gasteiger partial charge on any atom is -0.299 e. The van der Waals surface area contributed by atoms with Crippen LogP contribution in [0.25, 0.3) is 0 Å². The Morgan fingerprint density at radius 2 is 2.33 bits per heavy atom. The lowest BCUT2D eigenvalue weighted by Gasteiger charge is -2.32. The van der Waals surface area contributed by atoms with Crippen molar-refractivity contribution >= 4 is 5.78 Å². The van der Waals surface area contributed by atoms with Gasteiger partial charge >= 0.3 is 0 Å². The van der Waals surface area contributed by atoms with Crippen LogP contribution >= 0.6 is 0 Å². The van der Waals surface area contributed by atoms with E-state index >= 15 is 0 Å². The molecular formula is C8H10O. The van der Waals surface area contributed by atoms with E-state index in [2.05, 4.69) is 6.08 Å². The van der Waals surface area contributed by atoms with Crippen molar-refractivity contribution in [1.82, 2.24) is 0 Å². The van der Waals surface area contributed by atoms with Crippen molar-refractivity contribution in [3.05, 3.63) is 12.2 Å². The summed E-state index contributed by atoms with van der Waals surface area (Å²) in [7, 11) is 0. The number of rotatable bonds is 0. The van der Waals surface area contributed by atoms with Gasteiger partial charge in [-0.15, -0.1) is 0 Å². The van der Waals surface area contributed by atoms with E-state index in [1.807, 2.05) is 6.08 Å². The summed E-state index contributed by atoms with van der Waals surface area (Å²) in [5.74, 6) is 1.43. The molecule has 0 heterocycles. The predicted octanol–water partition coefficient (Wildman–Crippen LogP) is 1.54. The maximum Gasteiger partial charge on any atom is 0.140 e. The molecule has 0 amide bonds. The first-order valence-corrected chi connectivity index (χ1v) is 3.59. The molecule has 1 nitrogen and oxygen atoms in total. The van der Waals surface area contributed by atoms with Gasteiger partial charge < -0.3 is 0 Å². The van der Waals surface area contributed by atoms with Crippen LogP contribution in [-0.4, -0.2) is 5.78 Å². The van der Waals surface area contributed by atoms with Crippen molar-refractivity contribution in [2.45, 2.75) is 19.3 Å². The number of carbonyl (C=O) groups is 1. The maximum atomic E-state index is 11.0. The number of allylic oxidation sites excluding steroid dienone is 2. The van der Waals surface area contributed by atoms with Crippen molar-refractivity contribution in [2.24, 2.45) is 11.8 Å². The molecule has 0 radical (unpaired) electrons. The summed E-state index contributed by atoms with van der Waals surface area (Å²) in [5.41, 5.74) is 0. The first-order chi connectivity index (χ1) is 4.38. The van der Waals surface area contributed by atoms with E-state index in [4.69, 9.17) is 0 Å². The highest BCUT2D eigenvalue weighted by Crippen LogP contribution is 2.35. The summed E-state index contributed by atoms with van der Waals surface area (Å²) >= 11 is 0. The highest BCUT2D eigenvalue weighted by molar-refractivity contribution is 5.85. The van der Waals surface area contributed by atoms with Gasteiger partial charge in [-0.1, -0.05) is 12.2 Å². The molecule has 1 heteroatoms. The van der Waals surface area contributed by atoms with Gasteiger partial charge in [-0.05, 0) is 18.8 Å². The molecule has 2 aliphatic carbocycles. The first-order valence-electron chi connectivity index (χ1n) is 3.59. The van der Waals surface area contributed by atoms with E-state index in [0.717, 1.165) is 12.8 Å². The minimum absolute atomic E-state index is 0.332. The SMILES string of the molecule is O=C1CCC[C@@H]2C=C[C@@H]12. The van der Waals surface area contributed by atoms with Gasteiger partial charge in [0.05, 0.1) is 0 Å². The summed E-state index contributed by atoms with van der Waals surface area (Å²) in [6, 6.07) is 0. The minimum atomic E-state index is 0.332. The predicted molar refractivity (Wildman–Crippen MR) is 35.0 cm³/mol. The molecule has 2 atom stereocenters. The van der Waals surface area contributed by atoms with E-state index in [9.17, 15) is 4.79 Å². The molecule has 0 saturated heterocycles. The molecule has 0 aromatic carbocycles. The molecule has 0 bridgehead atoms. The van der Waals surface area contributed by atoms with Crippen LogP contribution in [0.3, 0.4) is 0 Å². The van der Waals surface area contributed by atoms with Crippen LogP contribution < -0.4 is 0 Å². The molecule has 0 aromatic rings. The molecule has 0 N–H and O–H groups in total. The molecule has 0 spiro atoms. The second-order valence-corrected chi connectivity index (χ2v) is 2.93. The average molecular weight is 122 g/mol. The molecule has 2 rings (SSSR count). The average Bonchev–Trinajstić information content (AvgIpc) is 1.74. The first kappa shape index (κ1) is 5.21. The van der Waals surface area contributed by atoms with E-state index < -0.39 is 0 Å². The van der Waals surface area contributed by atoms with Crippen molar-refractivity contribution in [3.8, 4) is 0 Å². The Labute approximate surface area is 54.8 Å². The lowest BCUT2D eigenvalue weighted by molar-refractivity contribution is -0.124. The number of carbonyl (C=O) groups excluding carboxylic acids is 1. The second-order valence-electron chi connectivity index (χ2n) is 2.93. The Balaban J connectivity index is 2.16. The number of ketones is 1. The topological polar surface area (TPSA) is 17.1 Å². The van der Waals surface area contributed by atoms with Crippen LogP contribution in [0.5, 0.6) is 0 Å². The highest BCUT2D eigenvalue weighted by Gasteiger charge is 2.32. The van der Waals surface area contributed by atoms with Crippen molar-refractivity contribution in [1.29, 1.82) is 0 Å². The molecule has 1 fully saturated rings. The van der Waals surface area contributed by atoms with Crippen LogP contribution in [-0.2, 0) is 4.79 Å². The monoisotopic (exact) mass is 122 g/mol. The third-order valence-electron chi connectivity index (χ3n) is 2.36. The Bertz CT molecular complexity index is 169. The Hall–Kier alpha value is -0.590. The molecule has 1 saturated carbocycles. The molecule has 9 heavy (non-hydrogen) atoms. The lowest BCUT2D eigenvalue weighted by atomic mass is 9.71. The second kappa shape index (κ2) is 1.69. The Morgan fingerprint density at radius 1 is 1.44 bits per heavy atom. The van der Waals surface area contributed by atoms with Crippen LogP contribution in [0.4, 0.5) is 0 Å². The number of hydrogen-bond acceptors (Lipinski definition) is 1. The zero-order valence-electron chi connectivity index (χ0n) is 5.34. The highest BCUT2D eigenvalue weighted by atomic mass is 16.1. The largest absolute Gasteiger partial charge is 0.299 e. The fraction of sp³-hybridized carbons (Fsp3) is 0.625. The van der Waals surface area contributed by atoms with Gasteiger partial charge in [-0.3, -0.25) is 4.79 Å². The summed E-state index contributed by atoms with van der Waals surface area (Å²) in [6.45, 7) is 0. The van der Waals surface area contributed by atoms with E-state index in [1.54, 1.807) is 0 Å². The normalized spacial score (nSPS) is 39.8. The Kier molecular flexibility index (Phi) is 0.981. The van der Waals surface area contributed by atoms with Gasteiger partial charge in [0.2, 0.25) is 0 Å². The molecule has 2 aliphatic rings. The standard InChI is InChI=1S/C8H10O/c9-8-3-1-2-6-4-5-7(6)8/h4-7H,1-3H2/t6-,7-/m1/s1. The van der Waals surface area contributed by atoms with Crippen molar-refractivity contribution in [2.75, 3.05) is 0 Å². The van der Waals surface area contributed by atoms with Crippen LogP contribution in [0, 0.1) is 11.8 Å². The van der Waals surface area contributed by atoms with Gasteiger partial charge in [0, 0.05) is 12.3 Å². The molecular weight excluding hydrogens is 112 g/mol. The third kappa shape index (κ3) is 0.640. The number of fused-ring (bicyclic) bond motifs is 1. The van der Waals surface area contributed by atoms with Crippen LogP contribution in [0.2, 0.25) is 0 Å². The van der Waals surface area contributed by atoms with Gasteiger partial charge in [0.15, 0.2) is 0 Å². The van der Waals surface area contributed by atoms with Crippen LogP contribution in [0.1, 0.15) is 19.3 Å². The number of Topliss-reactive ketones (excluding diaryl/α,β-unsaturated/α-hetero) is 1. The third-order valence-corrected chi connectivity index (χ3v) is 2.36. The summed E-state index contributed by atoms with van der Waals surface area (Å²) in [6.07, 6.45) is 7.40. The molecule has 48 valence electrons. The van der Waals surface area contributed by atoms with E-state index in [1.165, 1.54) is 6.42 Å². The number of hydrogen-bond donors (Lipinski definition) is 0. The smallest absolute Gasteiger partial charge is 0.140 e. The fourth-order valence-corrected chi connectivity index (χ4v) is 1.68. The van der Waals surface area contributed by atoms with Crippen LogP contribution in [0.15, 0.2) is 12.2 Å². The maximum absolute atomic E-state index is 11.0. The van der Waals surface area contributed by atoms with Gasteiger partial charge in [-0.2, -0.15) is 0 Å². The zero-order chi connectivity index (χ0) is 6.27. The quantitative estimate of drug-likeness (QED) is 0.445. The van der Waals surface area contributed by atoms with Crippen molar-refractivity contribution in [3.63, 3.8) is 0 Å². The molecule has 0 aliphatic heterocycles. The lowest BCUT2D eigenvalue weighted by Crippen LogP contribution is -2.30. The molecule has 0 unspecified atom stereocenters. The van der Waals surface area contributed by atoms with Gasteiger partial charge in [-0.25, -0.2) is 0 Å². The van der Waals surface area contributed by atoms with Gasteiger partial charge in [0.1, 0.15) is 5.78 Å². The van der Waals surface area contributed by atoms with Gasteiger partial charge in [0.25, 0.3) is 0 Å². The zero-order valence-corrected chi connectivity index (χ0v) is 5.34. The van der Waals surface area contributed by atoms with E-state index in [-0.39, 0.29) is 0 Å². The summed E-state index contributed by atoms with van der Waals surface area (Å²) in [4.78, 5) is 11.0. The fourth-order valence-electron chi connectivity index (χ4n) is 1.68. The van der Waals surface area contributed by atoms with Crippen molar-refractivity contribution < 1.29 is 4.79 Å². The van der Waals surface area contributed by atoms with E-state index in [0.29, 0.717) is 17.6 Å². The Morgan fingerprint density at radius 3 is 2.78 bits per heavy atom. The molecule has 0 aromatic heterocycles.